The lowest BCUT2D eigenvalue weighted by Crippen LogP contribution is -2.22. The third-order valence-electron chi connectivity index (χ3n) is 3.89. The van der Waals surface area contributed by atoms with Gasteiger partial charge < -0.3 is 9.88 Å². The zero-order chi connectivity index (χ0) is 14.9. The van der Waals surface area contributed by atoms with Crippen LogP contribution in [0, 0.1) is 0 Å². The number of likely N-dealkylation sites (N-methyl/N-ethyl adjacent to an activating group) is 1. The molecule has 0 spiro atoms. The molecule has 0 amide bonds. The lowest BCUT2D eigenvalue weighted by atomic mass is 9.94. The Morgan fingerprint density at radius 1 is 1.19 bits per heavy atom. The first-order valence-corrected chi connectivity index (χ1v) is 8.10. The first kappa shape index (κ1) is 15.8. The lowest BCUT2D eigenvalue weighted by Gasteiger charge is -2.18. The monoisotopic (exact) mass is 285 g/mol. The van der Waals surface area contributed by atoms with Gasteiger partial charge in [-0.2, -0.15) is 0 Å². The zero-order valence-electron chi connectivity index (χ0n) is 13.3. The van der Waals surface area contributed by atoms with Crippen molar-refractivity contribution in [1.82, 2.24) is 14.9 Å². The molecular formula is C18H27N3. The summed E-state index contributed by atoms with van der Waals surface area (Å²) < 4.78 is 2.29. The Morgan fingerprint density at radius 3 is 2.71 bits per heavy atom. The highest BCUT2D eigenvalue weighted by Crippen LogP contribution is 2.21. The summed E-state index contributed by atoms with van der Waals surface area (Å²) in [5, 5.41) is 3.49. The fraction of sp³-hybridized carbons (Fsp3) is 0.500. The van der Waals surface area contributed by atoms with Crippen molar-refractivity contribution >= 4 is 0 Å². The van der Waals surface area contributed by atoms with Gasteiger partial charge in [0.25, 0.3) is 0 Å². The van der Waals surface area contributed by atoms with E-state index >= 15 is 0 Å². The van der Waals surface area contributed by atoms with Gasteiger partial charge in [0.15, 0.2) is 0 Å². The summed E-state index contributed by atoms with van der Waals surface area (Å²) >= 11 is 0. The van der Waals surface area contributed by atoms with Crippen LogP contribution < -0.4 is 5.32 Å². The van der Waals surface area contributed by atoms with Gasteiger partial charge >= 0.3 is 0 Å². The van der Waals surface area contributed by atoms with Crippen molar-refractivity contribution in [2.45, 2.75) is 45.6 Å². The molecule has 1 atom stereocenters. The van der Waals surface area contributed by atoms with Crippen LogP contribution in [-0.4, -0.2) is 22.6 Å². The molecule has 1 heterocycles. The fourth-order valence-corrected chi connectivity index (χ4v) is 2.75. The number of nitrogens with zero attached hydrogens (tertiary/aromatic N) is 2. The maximum absolute atomic E-state index is 4.52. The minimum atomic E-state index is 0.554. The molecule has 0 bridgehead atoms. The fourth-order valence-electron chi connectivity index (χ4n) is 2.75. The third kappa shape index (κ3) is 4.71. The third-order valence-corrected chi connectivity index (χ3v) is 3.89. The predicted octanol–water partition coefficient (Wildman–Crippen LogP) is 3.62. The lowest BCUT2D eigenvalue weighted by molar-refractivity contribution is 0.540. The number of benzene rings is 1. The number of hydrogen-bond acceptors (Lipinski definition) is 2. The molecule has 1 aromatic heterocycles. The van der Waals surface area contributed by atoms with Crippen LogP contribution in [0.1, 0.15) is 44.0 Å². The van der Waals surface area contributed by atoms with E-state index < -0.39 is 0 Å². The van der Waals surface area contributed by atoms with Crippen LogP contribution in [0.3, 0.4) is 0 Å². The van der Waals surface area contributed by atoms with Gasteiger partial charge in [0.1, 0.15) is 5.82 Å². The Balaban J connectivity index is 2.00. The molecule has 0 aliphatic rings. The van der Waals surface area contributed by atoms with Gasteiger partial charge in [-0.3, -0.25) is 0 Å². The Hall–Kier alpha value is -1.61. The summed E-state index contributed by atoms with van der Waals surface area (Å²) in [6.45, 7) is 7.50. The molecule has 0 radical (unpaired) electrons. The summed E-state index contributed by atoms with van der Waals surface area (Å²) in [5.74, 6) is 1.77. The number of imidazole rings is 1. The van der Waals surface area contributed by atoms with Crippen LogP contribution in [0.2, 0.25) is 0 Å². The van der Waals surface area contributed by atoms with E-state index in [9.17, 15) is 0 Å². The molecule has 0 fully saturated rings. The molecule has 2 aromatic rings. The average molecular weight is 285 g/mol. The van der Waals surface area contributed by atoms with Gasteiger partial charge in [0.2, 0.25) is 0 Å². The molecule has 0 saturated carbocycles. The molecule has 0 aliphatic heterocycles. The number of nitrogens with one attached hydrogen (secondary N) is 1. The van der Waals surface area contributed by atoms with Crippen molar-refractivity contribution in [2.75, 3.05) is 13.1 Å². The topological polar surface area (TPSA) is 29.9 Å². The van der Waals surface area contributed by atoms with E-state index in [0.717, 1.165) is 38.9 Å². The van der Waals surface area contributed by atoms with Crippen LogP contribution in [0.15, 0.2) is 42.7 Å². The highest BCUT2D eigenvalue weighted by atomic mass is 15.1. The van der Waals surface area contributed by atoms with Crippen LogP contribution >= 0.6 is 0 Å². The molecule has 0 saturated heterocycles. The van der Waals surface area contributed by atoms with Gasteiger partial charge in [-0.1, -0.05) is 44.2 Å². The van der Waals surface area contributed by atoms with Crippen LogP contribution in [0.5, 0.6) is 0 Å². The Morgan fingerprint density at radius 2 is 2.00 bits per heavy atom. The SMILES string of the molecule is CCCn1ccnc1CCC(CNCC)c1ccccc1. The number of hydrogen-bond donors (Lipinski definition) is 1. The number of rotatable bonds is 9. The van der Waals surface area contributed by atoms with Crippen molar-refractivity contribution < 1.29 is 0 Å². The largest absolute Gasteiger partial charge is 0.335 e. The van der Waals surface area contributed by atoms with E-state index in [1.807, 2.05) is 6.20 Å². The summed E-state index contributed by atoms with van der Waals surface area (Å²) in [6, 6.07) is 10.8. The van der Waals surface area contributed by atoms with E-state index in [1.165, 1.54) is 11.4 Å². The minimum Gasteiger partial charge on any atom is -0.335 e. The second kappa shape index (κ2) is 8.63. The quantitative estimate of drug-likeness (QED) is 0.762. The van der Waals surface area contributed by atoms with Crippen molar-refractivity contribution in [1.29, 1.82) is 0 Å². The minimum absolute atomic E-state index is 0.554. The molecule has 3 nitrogen and oxygen atoms in total. The Bertz CT molecular complexity index is 504. The Labute approximate surface area is 128 Å². The summed E-state index contributed by atoms with van der Waals surface area (Å²) in [7, 11) is 0. The van der Waals surface area contributed by atoms with Crippen molar-refractivity contribution in [2.24, 2.45) is 0 Å². The molecule has 1 N–H and O–H groups in total. The van der Waals surface area contributed by atoms with Gasteiger partial charge in [-0.25, -0.2) is 4.98 Å². The number of aryl methyl sites for hydroxylation is 2. The molecule has 2 rings (SSSR count). The van der Waals surface area contributed by atoms with E-state index in [1.54, 1.807) is 0 Å². The van der Waals surface area contributed by atoms with Crippen molar-refractivity contribution in [3.05, 3.63) is 54.1 Å². The molecule has 1 unspecified atom stereocenters. The summed E-state index contributed by atoms with van der Waals surface area (Å²) in [6.07, 6.45) is 7.35. The van der Waals surface area contributed by atoms with E-state index in [4.69, 9.17) is 0 Å². The molecule has 21 heavy (non-hydrogen) atoms. The van der Waals surface area contributed by atoms with Crippen molar-refractivity contribution in [3.8, 4) is 0 Å². The summed E-state index contributed by atoms with van der Waals surface area (Å²) in [4.78, 5) is 4.52. The first-order chi connectivity index (χ1) is 10.3. The normalized spacial score (nSPS) is 12.5. The average Bonchev–Trinajstić information content (AvgIpc) is 2.96. The zero-order valence-corrected chi connectivity index (χ0v) is 13.3. The van der Waals surface area contributed by atoms with Crippen LogP contribution in [-0.2, 0) is 13.0 Å². The molecular weight excluding hydrogens is 258 g/mol. The Kier molecular flexibility index (Phi) is 6.48. The number of aromatic nitrogens is 2. The van der Waals surface area contributed by atoms with Crippen molar-refractivity contribution in [3.63, 3.8) is 0 Å². The van der Waals surface area contributed by atoms with Gasteiger partial charge in [-0.05, 0) is 30.9 Å². The molecule has 1 aromatic carbocycles. The van der Waals surface area contributed by atoms with Crippen LogP contribution in [0.25, 0.3) is 0 Å². The molecule has 3 heteroatoms. The van der Waals surface area contributed by atoms with Crippen LogP contribution in [0.4, 0.5) is 0 Å². The standard InChI is InChI=1S/C18H27N3/c1-3-13-21-14-12-20-18(21)11-10-17(15-19-4-2)16-8-6-5-7-9-16/h5-9,12,14,17,19H,3-4,10-11,13,15H2,1-2H3. The highest BCUT2D eigenvalue weighted by molar-refractivity contribution is 5.20. The second-order valence-electron chi connectivity index (χ2n) is 5.49. The smallest absolute Gasteiger partial charge is 0.108 e. The van der Waals surface area contributed by atoms with E-state index in [-0.39, 0.29) is 0 Å². The second-order valence-corrected chi connectivity index (χ2v) is 5.49. The first-order valence-electron chi connectivity index (χ1n) is 8.10. The van der Waals surface area contributed by atoms with E-state index in [2.05, 4.69) is 65.2 Å². The van der Waals surface area contributed by atoms with E-state index in [0.29, 0.717) is 5.92 Å². The van der Waals surface area contributed by atoms with Gasteiger partial charge in [-0.15, -0.1) is 0 Å². The highest BCUT2D eigenvalue weighted by Gasteiger charge is 2.12. The predicted molar refractivity (Wildman–Crippen MR) is 88.6 cm³/mol. The maximum atomic E-state index is 4.52. The maximum Gasteiger partial charge on any atom is 0.108 e. The van der Waals surface area contributed by atoms with Gasteiger partial charge in [0, 0.05) is 31.9 Å². The molecule has 114 valence electrons. The summed E-state index contributed by atoms with van der Waals surface area (Å²) in [5.41, 5.74) is 1.42. The van der Waals surface area contributed by atoms with Gasteiger partial charge in [0.05, 0.1) is 0 Å². The molecule has 0 aliphatic carbocycles.